The lowest BCUT2D eigenvalue weighted by Gasteiger charge is -2.07. The maximum Gasteiger partial charge on any atom is 0.238 e. The van der Waals surface area contributed by atoms with Crippen molar-refractivity contribution in [2.24, 2.45) is 0 Å². The molecule has 0 aliphatic heterocycles. The molecule has 0 amide bonds. The first kappa shape index (κ1) is 13.4. The Bertz CT molecular complexity index is 755. The second-order valence-corrected chi connectivity index (χ2v) is 5.83. The summed E-state index contributed by atoms with van der Waals surface area (Å²) in [7, 11) is 1.59. The fourth-order valence-corrected chi connectivity index (χ4v) is 2.90. The molecule has 0 saturated carbocycles. The summed E-state index contributed by atoms with van der Waals surface area (Å²) >= 11 is 4.68. The summed E-state index contributed by atoms with van der Waals surface area (Å²) in [5.41, 5.74) is 1.62. The Kier molecular flexibility index (Phi) is 3.62. The summed E-state index contributed by atoms with van der Waals surface area (Å²) in [5, 5.41) is 5.14. The largest absolute Gasteiger partial charge is 0.480 e. The summed E-state index contributed by atoms with van der Waals surface area (Å²) in [6.45, 7) is 0.502. The van der Waals surface area contributed by atoms with Crippen LogP contribution >= 0.6 is 27.3 Å². The van der Waals surface area contributed by atoms with Gasteiger partial charge in [0.15, 0.2) is 4.96 Å². The molecule has 0 atom stereocenters. The predicted octanol–water partition coefficient (Wildman–Crippen LogP) is 3.92. The molecule has 0 aliphatic carbocycles. The minimum absolute atomic E-state index is 0.295. The fraction of sp³-hybridized carbons (Fsp3) is 0.154. The van der Waals surface area contributed by atoms with E-state index in [-0.39, 0.29) is 5.82 Å². The van der Waals surface area contributed by atoms with Crippen LogP contribution in [0.1, 0.15) is 5.69 Å². The molecule has 20 heavy (non-hydrogen) atoms. The van der Waals surface area contributed by atoms with Gasteiger partial charge in [-0.25, -0.2) is 4.39 Å². The van der Waals surface area contributed by atoms with Crippen LogP contribution in [0.2, 0.25) is 0 Å². The lowest BCUT2D eigenvalue weighted by atomic mass is 10.3. The first-order valence-corrected chi connectivity index (χ1v) is 7.53. The normalized spacial score (nSPS) is 10.9. The number of halogens is 2. The number of fused-ring (bicyclic) bond motifs is 1. The molecule has 0 saturated heterocycles. The van der Waals surface area contributed by atoms with Crippen molar-refractivity contribution in [3.63, 3.8) is 0 Å². The van der Waals surface area contributed by atoms with E-state index in [2.05, 4.69) is 26.2 Å². The van der Waals surface area contributed by atoms with Crippen molar-refractivity contribution in [1.29, 1.82) is 0 Å². The average Bonchev–Trinajstić information content (AvgIpc) is 3.00. The SMILES string of the molecule is COc1nc2sccn2c1CNc1ccc(Br)c(F)c1. The van der Waals surface area contributed by atoms with Crippen molar-refractivity contribution in [2.75, 3.05) is 12.4 Å². The second-order valence-electron chi connectivity index (χ2n) is 4.11. The highest BCUT2D eigenvalue weighted by molar-refractivity contribution is 9.10. The Morgan fingerprint density at radius 1 is 1.50 bits per heavy atom. The van der Waals surface area contributed by atoms with E-state index in [0.29, 0.717) is 22.6 Å². The van der Waals surface area contributed by atoms with Crippen molar-refractivity contribution in [1.82, 2.24) is 9.38 Å². The third-order valence-electron chi connectivity index (χ3n) is 2.90. The topological polar surface area (TPSA) is 38.6 Å². The predicted molar refractivity (Wildman–Crippen MR) is 81.0 cm³/mol. The zero-order chi connectivity index (χ0) is 14.1. The van der Waals surface area contributed by atoms with Gasteiger partial charge in [-0.3, -0.25) is 4.40 Å². The molecule has 3 aromatic rings. The minimum Gasteiger partial charge on any atom is -0.480 e. The van der Waals surface area contributed by atoms with Gasteiger partial charge in [-0.15, -0.1) is 11.3 Å². The number of hydrogen-bond donors (Lipinski definition) is 1. The number of thiazole rings is 1. The summed E-state index contributed by atoms with van der Waals surface area (Å²) in [6.07, 6.45) is 1.94. The van der Waals surface area contributed by atoms with Crippen LogP contribution in [-0.2, 0) is 6.54 Å². The lowest BCUT2D eigenvalue weighted by molar-refractivity contribution is 0.395. The van der Waals surface area contributed by atoms with Gasteiger partial charge in [0.25, 0.3) is 0 Å². The van der Waals surface area contributed by atoms with E-state index in [0.717, 1.165) is 10.7 Å². The minimum atomic E-state index is -0.295. The quantitative estimate of drug-likeness (QED) is 0.770. The maximum absolute atomic E-state index is 13.5. The molecule has 0 spiro atoms. The summed E-state index contributed by atoms with van der Waals surface area (Å²) in [5.74, 6) is 0.290. The standard InChI is InChI=1S/C13H11BrFN3OS/c1-19-12-11(18-4-5-20-13(18)17-12)7-16-8-2-3-9(14)10(15)6-8/h2-6,16H,7H2,1H3. The zero-order valence-corrected chi connectivity index (χ0v) is 13.0. The van der Waals surface area contributed by atoms with E-state index in [1.807, 2.05) is 22.0 Å². The number of aromatic nitrogens is 2. The molecule has 3 rings (SSSR count). The van der Waals surface area contributed by atoms with Gasteiger partial charge >= 0.3 is 0 Å². The molecule has 0 bridgehead atoms. The van der Waals surface area contributed by atoms with Crippen LogP contribution < -0.4 is 10.1 Å². The molecule has 2 aromatic heterocycles. The molecule has 1 aromatic carbocycles. The van der Waals surface area contributed by atoms with Gasteiger partial charge in [0.05, 0.1) is 18.1 Å². The van der Waals surface area contributed by atoms with Crippen LogP contribution in [0.4, 0.5) is 10.1 Å². The Morgan fingerprint density at radius 2 is 2.35 bits per heavy atom. The molecule has 0 fully saturated rings. The van der Waals surface area contributed by atoms with E-state index in [4.69, 9.17) is 4.74 Å². The van der Waals surface area contributed by atoms with Crippen LogP contribution in [0.15, 0.2) is 34.2 Å². The van der Waals surface area contributed by atoms with E-state index >= 15 is 0 Å². The van der Waals surface area contributed by atoms with Crippen molar-refractivity contribution >= 4 is 37.9 Å². The number of rotatable bonds is 4. The van der Waals surface area contributed by atoms with Crippen LogP contribution in [0.5, 0.6) is 5.88 Å². The fourth-order valence-electron chi connectivity index (χ4n) is 1.93. The molecule has 0 unspecified atom stereocenters. The number of imidazole rings is 1. The van der Waals surface area contributed by atoms with Gasteiger partial charge in [0, 0.05) is 17.3 Å². The highest BCUT2D eigenvalue weighted by Gasteiger charge is 2.13. The second kappa shape index (κ2) is 5.41. The number of methoxy groups -OCH3 is 1. The number of benzene rings is 1. The van der Waals surface area contributed by atoms with Gasteiger partial charge < -0.3 is 10.1 Å². The Morgan fingerprint density at radius 3 is 3.10 bits per heavy atom. The molecule has 0 aliphatic rings. The van der Waals surface area contributed by atoms with Gasteiger partial charge in [0.2, 0.25) is 5.88 Å². The van der Waals surface area contributed by atoms with Crippen LogP contribution in [0.25, 0.3) is 4.96 Å². The number of anilines is 1. The number of ether oxygens (including phenoxy) is 1. The maximum atomic E-state index is 13.5. The molecule has 7 heteroatoms. The molecule has 0 radical (unpaired) electrons. The third-order valence-corrected chi connectivity index (χ3v) is 4.30. The van der Waals surface area contributed by atoms with E-state index in [1.165, 1.54) is 6.07 Å². The van der Waals surface area contributed by atoms with Crippen molar-refractivity contribution in [2.45, 2.75) is 6.54 Å². The summed E-state index contributed by atoms with van der Waals surface area (Å²) in [4.78, 5) is 5.25. The molecule has 104 valence electrons. The Balaban J connectivity index is 1.85. The molecular formula is C13H11BrFN3OS. The van der Waals surface area contributed by atoms with Gasteiger partial charge in [0.1, 0.15) is 11.5 Å². The van der Waals surface area contributed by atoms with Gasteiger partial charge in [-0.05, 0) is 34.1 Å². The van der Waals surface area contributed by atoms with Gasteiger partial charge in [-0.2, -0.15) is 4.98 Å². The molecule has 1 N–H and O–H groups in total. The lowest BCUT2D eigenvalue weighted by Crippen LogP contribution is -2.04. The van der Waals surface area contributed by atoms with E-state index < -0.39 is 0 Å². The smallest absolute Gasteiger partial charge is 0.238 e. The summed E-state index contributed by atoms with van der Waals surface area (Å²) in [6, 6.07) is 4.93. The molecule has 4 nitrogen and oxygen atoms in total. The molecule has 2 heterocycles. The average molecular weight is 356 g/mol. The summed E-state index contributed by atoms with van der Waals surface area (Å²) < 4.78 is 21.2. The Labute approximate surface area is 127 Å². The van der Waals surface area contributed by atoms with Crippen molar-refractivity contribution in [3.05, 3.63) is 45.8 Å². The number of nitrogens with zero attached hydrogens (tertiary/aromatic N) is 2. The van der Waals surface area contributed by atoms with Crippen molar-refractivity contribution < 1.29 is 9.13 Å². The highest BCUT2D eigenvalue weighted by Crippen LogP contribution is 2.25. The number of hydrogen-bond acceptors (Lipinski definition) is 4. The first-order chi connectivity index (χ1) is 9.69. The van der Waals surface area contributed by atoms with E-state index in [1.54, 1.807) is 24.5 Å². The molecular weight excluding hydrogens is 345 g/mol. The van der Waals surface area contributed by atoms with Crippen molar-refractivity contribution in [3.8, 4) is 5.88 Å². The van der Waals surface area contributed by atoms with Crippen LogP contribution in [0.3, 0.4) is 0 Å². The number of nitrogens with one attached hydrogen (secondary N) is 1. The van der Waals surface area contributed by atoms with Gasteiger partial charge in [-0.1, -0.05) is 0 Å². The monoisotopic (exact) mass is 355 g/mol. The first-order valence-electron chi connectivity index (χ1n) is 5.86. The zero-order valence-electron chi connectivity index (χ0n) is 10.6. The van der Waals surface area contributed by atoms with Crippen LogP contribution in [0, 0.1) is 5.82 Å². The third kappa shape index (κ3) is 2.38. The van der Waals surface area contributed by atoms with Crippen LogP contribution in [-0.4, -0.2) is 16.5 Å². The highest BCUT2D eigenvalue weighted by atomic mass is 79.9. The Hall–Kier alpha value is -1.60. The van der Waals surface area contributed by atoms with E-state index in [9.17, 15) is 4.39 Å².